The van der Waals surface area contributed by atoms with E-state index in [4.69, 9.17) is 14.7 Å². The largest absolute Gasteiger partial charge is 0.378 e. The molecule has 1 fully saturated rings. The summed E-state index contributed by atoms with van der Waals surface area (Å²) in [6.45, 7) is 3.36. The number of rotatable bonds is 4. The molecule has 7 nitrogen and oxygen atoms in total. The van der Waals surface area contributed by atoms with Gasteiger partial charge in [-0.3, -0.25) is 0 Å². The van der Waals surface area contributed by atoms with E-state index in [1.165, 1.54) is 27.8 Å². The smallest absolute Gasteiger partial charge is 0.186 e. The van der Waals surface area contributed by atoms with Crippen molar-refractivity contribution < 1.29 is 4.74 Å². The first-order valence-electron chi connectivity index (χ1n) is 11.7. The van der Waals surface area contributed by atoms with Crippen molar-refractivity contribution in [3.05, 3.63) is 41.6 Å². The average Bonchev–Trinajstić information content (AvgIpc) is 3.38. The van der Waals surface area contributed by atoms with Gasteiger partial charge in [-0.15, -0.1) is 0 Å². The molecule has 0 spiro atoms. The predicted molar refractivity (Wildman–Crippen MR) is 136 cm³/mol. The molecule has 1 aliphatic heterocycles. The monoisotopic (exact) mass is 462 g/mol. The third-order valence-electron chi connectivity index (χ3n) is 7.09. The number of nitrogens with one attached hydrogen (secondary N) is 1. The lowest BCUT2D eigenvalue weighted by Gasteiger charge is -2.28. The van der Waals surface area contributed by atoms with Gasteiger partial charge in [0.25, 0.3) is 0 Å². The molecule has 2 aliphatic rings. The van der Waals surface area contributed by atoms with Gasteiger partial charge in [0.2, 0.25) is 0 Å². The highest BCUT2D eigenvalue weighted by atomic mass is 32.1. The summed E-state index contributed by atoms with van der Waals surface area (Å²) in [6, 6.07) is 11.3. The second-order valence-corrected chi connectivity index (χ2v) is 10.3. The summed E-state index contributed by atoms with van der Waals surface area (Å²) in [6.07, 6.45) is 3.41. The molecule has 4 aromatic rings. The molecular weight excluding hydrogens is 432 g/mol. The average molecular weight is 463 g/mol. The van der Waals surface area contributed by atoms with Gasteiger partial charge < -0.3 is 24.4 Å². The molecule has 4 heterocycles. The fourth-order valence-corrected chi connectivity index (χ4v) is 6.15. The van der Waals surface area contributed by atoms with Gasteiger partial charge >= 0.3 is 0 Å². The van der Waals surface area contributed by atoms with Gasteiger partial charge in [-0.1, -0.05) is 11.3 Å². The maximum Gasteiger partial charge on any atom is 0.186 e. The summed E-state index contributed by atoms with van der Waals surface area (Å²) in [5.74, 6) is 0.868. The van der Waals surface area contributed by atoms with E-state index in [0.29, 0.717) is 6.04 Å². The number of thiazole rings is 1. The molecule has 8 heteroatoms. The molecule has 0 saturated carbocycles. The van der Waals surface area contributed by atoms with Gasteiger partial charge in [0.15, 0.2) is 5.13 Å². The number of fused-ring (bicyclic) bond motifs is 4. The zero-order valence-corrected chi connectivity index (χ0v) is 20.3. The summed E-state index contributed by atoms with van der Waals surface area (Å²) in [7, 11) is 6.52. The van der Waals surface area contributed by atoms with Crippen molar-refractivity contribution in [1.29, 1.82) is 0 Å². The van der Waals surface area contributed by atoms with E-state index < -0.39 is 0 Å². The molecule has 1 N–H and O–H groups in total. The first kappa shape index (κ1) is 20.9. The Bertz CT molecular complexity index is 1320. The lowest BCUT2D eigenvalue weighted by molar-refractivity contribution is 0.122. The Hall–Kier alpha value is -2.68. The number of ether oxygens (including phenoxy) is 1. The number of benzene rings is 1. The molecule has 33 heavy (non-hydrogen) atoms. The van der Waals surface area contributed by atoms with Crippen LogP contribution in [0, 0.1) is 0 Å². The molecule has 0 amide bonds. The first-order chi connectivity index (χ1) is 16.1. The molecule has 1 saturated heterocycles. The van der Waals surface area contributed by atoms with Gasteiger partial charge in [0.1, 0.15) is 11.5 Å². The summed E-state index contributed by atoms with van der Waals surface area (Å²) < 4.78 is 8.97. The van der Waals surface area contributed by atoms with Crippen LogP contribution in [0.3, 0.4) is 0 Å². The first-order valence-corrected chi connectivity index (χ1v) is 12.5. The van der Waals surface area contributed by atoms with Crippen LogP contribution >= 0.6 is 11.3 Å². The standard InChI is InChI=1S/C25H30N6OS/c1-29(2)17-5-7-21-19(15-17)18-6-9-23(28-24(18)30(21)3)26-16-4-8-22-20(14-16)27-25(33-22)31-10-12-32-13-11-31/h4,6,8-9,14,17H,5,7,10-13,15H2,1-3H3,(H,26,28)/t17-/m1/s1. The Balaban J connectivity index is 1.28. The lowest BCUT2D eigenvalue weighted by Crippen LogP contribution is -2.36. The van der Waals surface area contributed by atoms with Crippen molar-refractivity contribution in [2.24, 2.45) is 7.05 Å². The highest BCUT2D eigenvalue weighted by Crippen LogP contribution is 2.34. The fourth-order valence-electron chi connectivity index (χ4n) is 5.15. The Kier molecular flexibility index (Phi) is 5.24. The summed E-state index contributed by atoms with van der Waals surface area (Å²) in [4.78, 5) is 14.6. The Morgan fingerprint density at radius 2 is 1.97 bits per heavy atom. The van der Waals surface area contributed by atoms with Crippen LogP contribution < -0.4 is 10.2 Å². The van der Waals surface area contributed by atoms with Gasteiger partial charge in [-0.2, -0.15) is 0 Å². The van der Waals surface area contributed by atoms with Crippen molar-refractivity contribution in [3.8, 4) is 0 Å². The fraction of sp³-hybridized carbons (Fsp3) is 0.440. The number of hydrogen-bond donors (Lipinski definition) is 1. The maximum absolute atomic E-state index is 5.48. The highest BCUT2D eigenvalue weighted by molar-refractivity contribution is 7.22. The Labute approximate surface area is 198 Å². The van der Waals surface area contributed by atoms with E-state index in [-0.39, 0.29) is 0 Å². The lowest BCUT2D eigenvalue weighted by atomic mass is 9.91. The molecule has 0 radical (unpaired) electrons. The van der Waals surface area contributed by atoms with Crippen molar-refractivity contribution >= 4 is 49.2 Å². The van der Waals surface area contributed by atoms with Crippen molar-refractivity contribution in [3.63, 3.8) is 0 Å². The summed E-state index contributed by atoms with van der Waals surface area (Å²) in [5, 5.41) is 5.88. The zero-order valence-electron chi connectivity index (χ0n) is 19.5. The van der Waals surface area contributed by atoms with Gasteiger partial charge in [-0.25, -0.2) is 9.97 Å². The van der Waals surface area contributed by atoms with Crippen molar-refractivity contribution in [1.82, 2.24) is 19.4 Å². The van der Waals surface area contributed by atoms with Crippen LogP contribution in [-0.4, -0.2) is 65.9 Å². The van der Waals surface area contributed by atoms with E-state index in [2.05, 4.69) is 71.2 Å². The van der Waals surface area contributed by atoms with Crippen molar-refractivity contribution in [2.45, 2.75) is 25.3 Å². The molecule has 172 valence electrons. The topological polar surface area (TPSA) is 58.4 Å². The van der Waals surface area contributed by atoms with E-state index in [1.807, 2.05) is 0 Å². The summed E-state index contributed by atoms with van der Waals surface area (Å²) in [5.41, 5.74) is 6.01. The van der Waals surface area contributed by atoms with Gasteiger partial charge in [0, 0.05) is 42.9 Å². The number of anilines is 3. The van der Waals surface area contributed by atoms with Gasteiger partial charge in [-0.05, 0) is 69.3 Å². The number of aryl methyl sites for hydroxylation is 1. The minimum Gasteiger partial charge on any atom is -0.378 e. The number of morpholine rings is 1. The molecule has 3 aromatic heterocycles. The normalized spacial score (nSPS) is 18.9. The van der Waals surface area contributed by atoms with Crippen LogP contribution in [-0.2, 0) is 24.6 Å². The second kappa shape index (κ2) is 8.27. The van der Waals surface area contributed by atoms with Crippen LogP contribution in [0.4, 0.5) is 16.6 Å². The van der Waals surface area contributed by atoms with Gasteiger partial charge in [0.05, 0.1) is 23.4 Å². The predicted octanol–water partition coefficient (Wildman–Crippen LogP) is 4.18. The molecular formula is C25H30N6OS. The van der Waals surface area contributed by atoms with Crippen molar-refractivity contribution in [2.75, 3.05) is 50.6 Å². The molecule has 6 rings (SSSR count). The minimum absolute atomic E-state index is 0.605. The summed E-state index contributed by atoms with van der Waals surface area (Å²) >= 11 is 1.75. The number of pyridine rings is 1. The zero-order chi connectivity index (χ0) is 22.5. The van der Waals surface area contributed by atoms with E-state index in [1.54, 1.807) is 11.3 Å². The van der Waals surface area contributed by atoms with E-state index in [0.717, 1.165) is 66.9 Å². The molecule has 1 aromatic carbocycles. The maximum atomic E-state index is 5.48. The number of aromatic nitrogens is 3. The van der Waals surface area contributed by atoms with E-state index in [9.17, 15) is 0 Å². The van der Waals surface area contributed by atoms with Crippen LogP contribution in [0.15, 0.2) is 30.3 Å². The van der Waals surface area contributed by atoms with E-state index >= 15 is 0 Å². The van der Waals surface area contributed by atoms with Crippen LogP contribution in [0.25, 0.3) is 21.3 Å². The molecule has 0 bridgehead atoms. The SMILES string of the molecule is CN(C)[C@@H]1CCc2c(c3ccc(Nc4ccc5sc(N6CCOCC6)nc5c4)nc3n2C)C1. The third kappa shape index (κ3) is 3.76. The van der Waals surface area contributed by atoms with Crippen LogP contribution in [0.2, 0.25) is 0 Å². The van der Waals surface area contributed by atoms with Crippen LogP contribution in [0.1, 0.15) is 17.7 Å². The number of nitrogens with zero attached hydrogens (tertiary/aromatic N) is 5. The highest BCUT2D eigenvalue weighted by Gasteiger charge is 2.26. The number of likely N-dealkylation sites (N-methyl/N-ethyl adjacent to an activating group) is 1. The minimum atomic E-state index is 0.605. The molecule has 0 unspecified atom stereocenters. The molecule has 1 atom stereocenters. The quantitative estimate of drug-likeness (QED) is 0.491. The Morgan fingerprint density at radius 1 is 1.12 bits per heavy atom. The molecule has 1 aliphatic carbocycles. The third-order valence-corrected chi connectivity index (χ3v) is 8.18. The number of hydrogen-bond acceptors (Lipinski definition) is 7. The van der Waals surface area contributed by atoms with Crippen LogP contribution in [0.5, 0.6) is 0 Å². The Morgan fingerprint density at radius 3 is 2.79 bits per heavy atom. The second-order valence-electron chi connectivity index (χ2n) is 9.32.